The first-order chi connectivity index (χ1) is 14.5. The Morgan fingerprint density at radius 1 is 1.19 bits per heavy atom. The first-order valence-corrected chi connectivity index (χ1v) is 10.4. The van der Waals surface area contributed by atoms with Crippen LogP contribution in [0.4, 0.5) is 0 Å². The predicted molar refractivity (Wildman–Crippen MR) is 118 cm³/mol. The number of carbonyl (C=O) groups excluding carboxylic acids is 1. The van der Waals surface area contributed by atoms with E-state index in [0.717, 1.165) is 5.57 Å². The molecule has 0 aliphatic carbocycles. The number of aromatic hydroxyl groups is 3. The molecule has 0 saturated carbocycles. The van der Waals surface area contributed by atoms with Crippen molar-refractivity contribution in [3.63, 3.8) is 0 Å². The lowest BCUT2D eigenvalue weighted by atomic mass is 9.84. The van der Waals surface area contributed by atoms with E-state index in [2.05, 4.69) is 6.58 Å². The highest BCUT2D eigenvalue weighted by Gasteiger charge is 2.35. The molecule has 0 fully saturated rings. The van der Waals surface area contributed by atoms with Crippen molar-refractivity contribution < 1.29 is 30.0 Å². The maximum atomic E-state index is 12.9. The number of rotatable bonds is 7. The van der Waals surface area contributed by atoms with Gasteiger partial charge in [-0.25, -0.2) is 0 Å². The monoisotopic (exact) mass is 426 g/mol. The van der Waals surface area contributed by atoms with E-state index in [1.54, 1.807) is 32.0 Å². The largest absolute Gasteiger partial charge is 0.508 e. The molecule has 2 atom stereocenters. The molecule has 6 nitrogen and oxygen atoms in total. The molecule has 6 heteroatoms. The van der Waals surface area contributed by atoms with E-state index in [1.165, 1.54) is 12.1 Å². The Kier molecular flexibility index (Phi) is 6.32. The van der Waals surface area contributed by atoms with E-state index in [-0.39, 0.29) is 46.7 Å². The molecule has 2 aromatic rings. The van der Waals surface area contributed by atoms with E-state index < -0.39 is 11.7 Å². The number of aliphatic hydroxyl groups is 1. The van der Waals surface area contributed by atoms with Crippen LogP contribution in [0.5, 0.6) is 23.0 Å². The lowest BCUT2D eigenvalue weighted by Gasteiger charge is -2.30. The van der Waals surface area contributed by atoms with Gasteiger partial charge >= 0.3 is 0 Å². The molecule has 166 valence electrons. The highest BCUT2D eigenvalue weighted by atomic mass is 16.5. The Morgan fingerprint density at radius 2 is 1.87 bits per heavy atom. The van der Waals surface area contributed by atoms with Gasteiger partial charge in [0.25, 0.3) is 0 Å². The number of phenols is 3. The summed E-state index contributed by atoms with van der Waals surface area (Å²) in [5.74, 6) is -0.750. The van der Waals surface area contributed by atoms with Crippen LogP contribution in [0.2, 0.25) is 0 Å². The number of benzene rings is 2. The Bertz CT molecular complexity index is 1000. The van der Waals surface area contributed by atoms with E-state index in [4.69, 9.17) is 4.74 Å². The number of Topliss-reactive ketones (excluding diaryl/α,β-unsaturated/α-hetero) is 1. The van der Waals surface area contributed by atoms with Crippen LogP contribution in [0, 0.1) is 5.92 Å². The van der Waals surface area contributed by atoms with Crippen molar-refractivity contribution in [3.8, 4) is 23.0 Å². The first-order valence-electron chi connectivity index (χ1n) is 10.4. The number of para-hydroxylation sites is 1. The van der Waals surface area contributed by atoms with Crippen molar-refractivity contribution in [2.24, 2.45) is 5.92 Å². The van der Waals surface area contributed by atoms with Crippen LogP contribution in [0.15, 0.2) is 42.5 Å². The summed E-state index contributed by atoms with van der Waals surface area (Å²) in [5, 5.41) is 41.3. The van der Waals surface area contributed by atoms with Crippen LogP contribution in [-0.2, 0) is 6.42 Å². The maximum Gasteiger partial charge on any atom is 0.174 e. The van der Waals surface area contributed by atoms with Gasteiger partial charge in [0.1, 0.15) is 34.7 Å². The average Bonchev–Trinajstić information content (AvgIpc) is 2.65. The topological polar surface area (TPSA) is 107 Å². The SMILES string of the molecule is C=C(C)[C@H](CCC(C)(C)O)Cc1c(O)cc(O)c2c1O[C@@H](c1ccccc1O)CC2=O. The van der Waals surface area contributed by atoms with E-state index >= 15 is 0 Å². The zero-order valence-corrected chi connectivity index (χ0v) is 18.2. The molecule has 1 heterocycles. The standard InChI is InChI=1S/C25H30O6/c1-14(2)15(9-10-25(3,4)30)11-17-19(27)12-20(28)23-21(29)13-22(31-24(17)23)16-7-5-6-8-18(16)26/h5-8,12,15,22,26-28,30H,1,9-11,13H2,2-4H3/t15-,22-/m1/s1. The molecule has 1 aliphatic heterocycles. The number of hydrogen-bond acceptors (Lipinski definition) is 6. The van der Waals surface area contributed by atoms with Gasteiger partial charge in [-0.15, -0.1) is 0 Å². The lowest BCUT2D eigenvalue weighted by Crippen LogP contribution is -2.23. The molecule has 0 unspecified atom stereocenters. The fraction of sp³-hybridized carbons (Fsp3) is 0.400. The second-order valence-corrected chi connectivity index (χ2v) is 8.99. The quantitative estimate of drug-likeness (QED) is 0.474. The molecular weight excluding hydrogens is 396 g/mol. The minimum Gasteiger partial charge on any atom is -0.508 e. The van der Waals surface area contributed by atoms with Crippen LogP contribution in [0.3, 0.4) is 0 Å². The summed E-state index contributed by atoms with van der Waals surface area (Å²) in [5.41, 5.74) is 0.957. The predicted octanol–water partition coefficient (Wildman–Crippen LogP) is 4.80. The fourth-order valence-electron chi connectivity index (χ4n) is 3.95. The van der Waals surface area contributed by atoms with Gasteiger partial charge in [0.15, 0.2) is 5.78 Å². The van der Waals surface area contributed by atoms with Gasteiger partial charge in [0.05, 0.1) is 12.0 Å². The third-order valence-corrected chi connectivity index (χ3v) is 5.79. The van der Waals surface area contributed by atoms with Gasteiger partial charge < -0.3 is 25.2 Å². The normalized spacial score (nSPS) is 17.0. The fourth-order valence-corrected chi connectivity index (χ4v) is 3.95. The van der Waals surface area contributed by atoms with Crippen molar-refractivity contribution in [2.75, 3.05) is 0 Å². The smallest absolute Gasteiger partial charge is 0.174 e. The third kappa shape index (κ3) is 5.02. The third-order valence-electron chi connectivity index (χ3n) is 5.79. The Balaban J connectivity index is 2.01. The highest BCUT2D eigenvalue weighted by Crippen LogP contribution is 2.47. The number of hydrogen-bond donors (Lipinski definition) is 4. The molecule has 0 saturated heterocycles. The zero-order chi connectivity index (χ0) is 22.9. The summed E-state index contributed by atoms with van der Waals surface area (Å²) in [4.78, 5) is 12.9. The van der Waals surface area contributed by atoms with Crippen molar-refractivity contribution in [1.29, 1.82) is 0 Å². The molecule has 2 aromatic carbocycles. The van der Waals surface area contributed by atoms with Gasteiger partial charge in [0.2, 0.25) is 0 Å². The Hall–Kier alpha value is -2.99. The number of ether oxygens (including phenoxy) is 1. The van der Waals surface area contributed by atoms with Crippen LogP contribution >= 0.6 is 0 Å². The molecule has 0 bridgehead atoms. The minimum absolute atomic E-state index is 0.0136. The number of carbonyl (C=O) groups is 1. The van der Waals surface area contributed by atoms with Gasteiger partial charge in [-0.2, -0.15) is 0 Å². The zero-order valence-electron chi connectivity index (χ0n) is 18.2. The molecule has 1 aliphatic rings. The second-order valence-electron chi connectivity index (χ2n) is 8.99. The second kappa shape index (κ2) is 8.63. The summed E-state index contributed by atoms with van der Waals surface area (Å²) in [6.07, 6.45) is 0.725. The molecule has 0 radical (unpaired) electrons. The summed E-state index contributed by atoms with van der Waals surface area (Å²) >= 11 is 0. The molecule has 0 aromatic heterocycles. The molecule has 0 spiro atoms. The molecule has 31 heavy (non-hydrogen) atoms. The molecule has 4 N–H and O–H groups in total. The maximum absolute atomic E-state index is 12.9. The Morgan fingerprint density at radius 3 is 2.48 bits per heavy atom. The summed E-state index contributed by atoms with van der Waals surface area (Å²) in [7, 11) is 0. The van der Waals surface area contributed by atoms with Crippen molar-refractivity contribution in [3.05, 3.63) is 59.2 Å². The van der Waals surface area contributed by atoms with Crippen LogP contribution in [-0.4, -0.2) is 31.8 Å². The van der Waals surface area contributed by atoms with Gasteiger partial charge in [0, 0.05) is 17.2 Å². The van der Waals surface area contributed by atoms with Gasteiger partial charge in [-0.05, 0) is 52.0 Å². The number of allylic oxidation sites excluding steroid dienone is 1. The van der Waals surface area contributed by atoms with Crippen molar-refractivity contribution in [1.82, 2.24) is 0 Å². The van der Waals surface area contributed by atoms with Crippen LogP contribution < -0.4 is 4.74 Å². The molecule has 3 rings (SSSR count). The van der Waals surface area contributed by atoms with E-state index in [0.29, 0.717) is 30.4 Å². The van der Waals surface area contributed by atoms with E-state index in [9.17, 15) is 25.2 Å². The van der Waals surface area contributed by atoms with Crippen LogP contribution in [0.25, 0.3) is 0 Å². The molecule has 0 amide bonds. The first kappa shape index (κ1) is 22.7. The number of ketones is 1. The summed E-state index contributed by atoms with van der Waals surface area (Å²) in [6, 6.07) is 7.79. The van der Waals surface area contributed by atoms with E-state index in [1.807, 2.05) is 6.92 Å². The minimum atomic E-state index is -0.841. The average molecular weight is 427 g/mol. The summed E-state index contributed by atoms with van der Waals surface area (Å²) in [6.45, 7) is 9.41. The van der Waals surface area contributed by atoms with Crippen LogP contribution in [0.1, 0.15) is 67.6 Å². The Labute approximate surface area is 182 Å². The highest BCUT2D eigenvalue weighted by molar-refractivity contribution is 6.03. The van der Waals surface area contributed by atoms with Crippen molar-refractivity contribution >= 4 is 5.78 Å². The molecular formula is C25H30O6. The number of phenolic OH excluding ortho intramolecular Hbond substituents is 3. The lowest BCUT2D eigenvalue weighted by molar-refractivity contribution is 0.0650. The van der Waals surface area contributed by atoms with Gasteiger partial charge in [-0.1, -0.05) is 30.4 Å². The van der Waals surface area contributed by atoms with Crippen molar-refractivity contribution in [2.45, 2.75) is 58.2 Å². The number of fused-ring (bicyclic) bond motifs is 1. The van der Waals surface area contributed by atoms with Gasteiger partial charge in [-0.3, -0.25) is 4.79 Å². The summed E-state index contributed by atoms with van der Waals surface area (Å²) < 4.78 is 6.11.